The molecule has 0 aromatic heterocycles. The molecule has 1 aromatic rings. The zero-order chi connectivity index (χ0) is 20.9. The molecule has 1 N–H and O–H groups in total. The molecule has 2 heterocycles. The summed E-state index contributed by atoms with van der Waals surface area (Å²) in [5.41, 5.74) is 0.710. The van der Waals surface area contributed by atoms with Gasteiger partial charge in [-0.05, 0) is 70.7 Å². The Balaban J connectivity index is 1.71. The van der Waals surface area contributed by atoms with Crippen molar-refractivity contribution >= 4 is 29.2 Å². The van der Waals surface area contributed by atoms with E-state index in [2.05, 4.69) is 9.71 Å². The van der Waals surface area contributed by atoms with Crippen LogP contribution in [0.4, 0.5) is 28.9 Å². The van der Waals surface area contributed by atoms with Gasteiger partial charge in [0.25, 0.3) is 0 Å². The van der Waals surface area contributed by atoms with Crippen molar-refractivity contribution in [1.29, 1.82) is 0 Å². The lowest BCUT2D eigenvalue weighted by Gasteiger charge is -2.45. The summed E-state index contributed by atoms with van der Waals surface area (Å²) in [6, 6.07) is 0.891. The van der Waals surface area contributed by atoms with Crippen molar-refractivity contribution in [2.75, 3.05) is 18.5 Å². The molecule has 0 spiro atoms. The number of rotatable bonds is 4. The monoisotopic (exact) mass is 430 g/mol. The third-order valence-corrected chi connectivity index (χ3v) is 6.98. The second kappa shape index (κ2) is 7.65. The van der Waals surface area contributed by atoms with Gasteiger partial charge in [0.2, 0.25) is 0 Å². The van der Waals surface area contributed by atoms with E-state index < -0.39 is 18.0 Å². The number of nitrogens with zero attached hydrogens (tertiary/aromatic N) is 3. The highest BCUT2D eigenvalue weighted by Crippen LogP contribution is 2.47. The predicted octanol–water partition coefficient (Wildman–Crippen LogP) is 5.12. The molecule has 3 aliphatic rings. The summed E-state index contributed by atoms with van der Waals surface area (Å²) in [5.74, 6) is 0.575. The molecule has 0 radical (unpaired) electrons. The number of alkyl halides is 3. The average Bonchev–Trinajstić information content (AvgIpc) is 3.50. The first-order valence-electron chi connectivity index (χ1n) is 10.1. The summed E-state index contributed by atoms with van der Waals surface area (Å²) in [4.78, 5) is 8.48. The van der Waals surface area contributed by atoms with E-state index >= 15 is 0 Å². The van der Waals surface area contributed by atoms with Gasteiger partial charge in [-0.3, -0.25) is 0 Å². The summed E-state index contributed by atoms with van der Waals surface area (Å²) in [7, 11) is 1.87. The Labute approximate surface area is 172 Å². The second-order valence-electron chi connectivity index (χ2n) is 8.44. The van der Waals surface area contributed by atoms with E-state index in [0.29, 0.717) is 22.9 Å². The fraction of sp³-hybridized carbons (Fsp3) is 0.650. The van der Waals surface area contributed by atoms with Gasteiger partial charge in [0, 0.05) is 24.5 Å². The molecule has 160 valence electrons. The Kier molecular flexibility index (Phi) is 5.48. The number of hydrogen-bond donors (Lipinski definition) is 1. The molecule has 2 aliphatic heterocycles. The molecule has 2 unspecified atom stereocenters. The molecule has 0 amide bonds. The van der Waals surface area contributed by atoms with Gasteiger partial charge in [-0.15, -0.1) is 0 Å². The van der Waals surface area contributed by atoms with Crippen LogP contribution in [-0.4, -0.2) is 48.6 Å². The van der Waals surface area contributed by atoms with Crippen LogP contribution in [0.1, 0.15) is 39.5 Å². The van der Waals surface area contributed by atoms with Crippen LogP contribution in [0.3, 0.4) is 0 Å². The van der Waals surface area contributed by atoms with Crippen molar-refractivity contribution in [2.45, 2.75) is 68.7 Å². The predicted molar refractivity (Wildman–Crippen MR) is 108 cm³/mol. The smallest absolute Gasteiger partial charge is 0.358 e. The van der Waals surface area contributed by atoms with Crippen LogP contribution < -0.4 is 9.62 Å². The molecule has 0 bridgehead atoms. The summed E-state index contributed by atoms with van der Waals surface area (Å²) in [6.07, 6.45) is -1.79. The fourth-order valence-corrected chi connectivity index (χ4v) is 4.93. The van der Waals surface area contributed by atoms with E-state index in [-0.39, 0.29) is 30.7 Å². The molecule has 29 heavy (non-hydrogen) atoms. The van der Waals surface area contributed by atoms with Gasteiger partial charge < -0.3 is 14.5 Å². The van der Waals surface area contributed by atoms with E-state index in [1.807, 2.05) is 25.8 Å². The van der Waals surface area contributed by atoms with Crippen molar-refractivity contribution in [3.8, 4) is 0 Å². The largest absolute Gasteiger partial charge is 0.408 e. The number of halogens is 4. The van der Waals surface area contributed by atoms with Crippen LogP contribution in [0.5, 0.6) is 0 Å². The van der Waals surface area contributed by atoms with Crippen molar-refractivity contribution in [2.24, 2.45) is 10.9 Å². The molecule has 1 aliphatic carbocycles. The van der Waals surface area contributed by atoms with Gasteiger partial charge >= 0.3 is 6.18 Å². The molecular formula is C20H26F4N4S. The minimum atomic E-state index is -4.40. The van der Waals surface area contributed by atoms with Gasteiger partial charge in [-0.1, -0.05) is 0 Å². The molecule has 1 saturated heterocycles. The maximum absolute atomic E-state index is 14.3. The standard InChI is InChI=1S/C20H26F4N4S/c1-11(2)27(3)14-6-7-28(17(10-14)20(22,23)24)15-8-13(21)9-16-18(15)25-19(26-29-16)12-4-5-12/h8-9,11-12,14,17H,4-7,10H2,1-3H3,(H,25,26). The van der Waals surface area contributed by atoms with Crippen molar-refractivity contribution in [3.05, 3.63) is 17.9 Å². The van der Waals surface area contributed by atoms with Crippen molar-refractivity contribution in [3.63, 3.8) is 0 Å². The lowest BCUT2D eigenvalue weighted by atomic mass is 9.93. The lowest BCUT2D eigenvalue weighted by molar-refractivity contribution is -0.156. The number of piperidine rings is 1. The molecule has 9 heteroatoms. The van der Waals surface area contributed by atoms with E-state index in [0.717, 1.165) is 18.7 Å². The second-order valence-corrected chi connectivity index (χ2v) is 9.28. The lowest BCUT2D eigenvalue weighted by Crippen LogP contribution is -2.56. The Hall–Kier alpha value is -1.48. The van der Waals surface area contributed by atoms with Gasteiger partial charge in [0.1, 0.15) is 23.4 Å². The van der Waals surface area contributed by atoms with Crippen LogP contribution >= 0.6 is 11.9 Å². The third kappa shape index (κ3) is 4.21. The summed E-state index contributed by atoms with van der Waals surface area (Å²) < 4.78 is 59.6. The third-order valence-electron chi connectivity index (χ3n) is 6.13. The zero-order valence-corrected chi connectivity index (χ0v) is 17.6. The number of aliphatic imine (C=N–C) groups is 1. The minimum absolute atomic E-state index is 0.0337. The van der Waals surface area contributed by atoms with Crippen LogP contribution in [0.25, 0.3) is 0 Å². The first kappa shape index (κ1) is 20.8. The minimum Gasteiger partial charge on any atom is -0.358 e. The van der Waals surface area contributed by atoms with E-state index in [1.54, 1.807) is 0 Å². The van der Waals surface area contributed by atoms with Crippen LogP contribution in [0.15, 0.2) is 22.0 Å². The van der Waals surface area contributed by atoms with E-state index in [9.17, 15) is 17.6 Å². The summed E-state index contributed by atoms with van der Waals surface area (Å²) >= 11 is 1.24. The van der Waals surface area contributed by atoms with E-state index in [4.69, 9.17) is 0 Å². The van der Waals surface area contributed by atoms with Crippen molar-refractivity contribution < 1.29 is 17.6 Å². The zero-order valence-electron chi connectivity index (χ0n) is 16.8. The number of amidine groups is 1. The number of benzene rings is 1. The molecule has 1 aromatic carbocycles. The van der Waals surface area contributed by atoms with E-state index in [1.165, 1.54) is 29.0 Å². The Bertz CT molecular complexity index is 806. The normalized spacial score (nSPS) is 25.1. The number of fused-ring (bicyclic) bond motifs is 1. The highest BCUT2D eigenvalue weighted by atomic mass is 32.2. The maximum Gasteiger partial charge on any atom is 0.408 e. The summed E-state index contributed by atoms with van der Waals surface area (Å²) in [5, 5.41) is 0. The first-order valence-corrected chi connectivity index (χ1v) is 10.9. The number of anilines is 1. The van der Waals surface area contributed by atoms with Gasteiger partial charge in [0.05, 0.1) is 10.6 Å². The molecule has 2 atom stereocenters. The Morgan fingerprint density at radius 2 is 1.97 bits per heavy atom. The first-order chi connectivity index (χ1) is 13.6. The maximum atomic E-state index is 14.3. The SMILES string of the molecule is CC(C)N(C)C1CCN(c2cc(F)cc3c2N=C(C2CC2)NS3)C(C(F)(F)F)C1. The van der Waals surface area contributed by atoms with Gasteiger partial charge in [-0.2, -0.15) is 13.2 Å². The van der Waals surface area contributed by atoms with Crippen LogP contribution in [-0.2, 0) is 0 Å². The molecular weight excluding hydrogens is 404 g/mol. The molecule has 4 rings (SSSR count). The summed E-state index contributed by atoms with van der Waals surface area (Å²) in [6.45, 7) is 4.18. The van der Waals surface area contributed by atoms with Crippen molar-refractivity contribution in [1.82, 2.24) is 9.62 Å². The molecule has 2 fully saturated rings. The highest BCUT2D eigenvalue weighted by molar-refractivity contribution is 7.98. The molecule has 4 nitrogen and oxygen atoms in total. The number of nitrogens with one attached hydrogen (secondary N) is 1. The van der Waals surface area contributed by atoms with Gasteiger partial charge in [0.15, 0.2) is 0 Å². The van der Waals surface area contributed by atoms with Crippen LogP contribution in [0.2, 0.25) is 0 Å². The van der Waals surface area contributed by atoms with Gasteiger partial charge in [-0.25, -0.2) is 9.38 Å². The topological polar surface area (TPSA) is 30.9 Å². The Morgan fingerprint density at radius 3 is 2.59 bits per heavy atom. The quantitative estimate of drug-likeness (QED) is 0.531. The molecule has 1 saturated carbocycles. The fourth-order valence-electron chi connectivity index (χ4n) is 4.09. The number of hydrogen-bond acceptors (Lipinski definition) is 5. The highest BCUT2D eigenvalue weighted by Gasteiger charge is 2.48. The average molecular weight is 431 g/mol. The Morgan fingerprint density at radius 1 is 1.24 bits per heavy atom. The van der Waals surface area contributed by atoms with Crippen LogP contribution in [0, 0.1) is 11.7 Å².